The van der Waals surface area contributed by atoms with E-state index in [0.717, 1.165) is 18.2 Å². The first-order valence-corrected chi connectivity index (χ1v) is 11.6. The van der Waals surface area contributed by atoms with Gasteiger partial charge in [-0.25, -0.2) is 8.78 Å². The Morgan fingerprint density at radius 3 is 2.15 bits per heavy atom. The van der Waals surface area contributed by atoms with Crippen LogP contribution >= 0.6 is 58.0 Å². The molecule has 2 amide bonds. The van der Waals surface area contributed by atoms with E-state index in [-0.39, 0.29) is 16.3 Å². The van der Waals surface area contributed by atoms with E-state index in [4.69, 9.17) is 58.0 Å². The van der Waals surface area contributed by atoms with Gasteiger partial charge in [0.2, 0.25) is 5.91 Å². The minimum atomic E-state index is -1.37. The molecule has 1 fully saturated rings. The Labute approximate surface area is 218 Å². The van der Waals surface area contributed by atoms with E-state index in [2.05, 4.69) is 10.6 Å². The second-order valence-electron chi connectivity index (χ2n) is 7.60. The molecule has 176 valence electrons. The van der Waals surface area contributed by atoms with E-state index in [1.807, 2.05) is 0 Å². The smallest absolute Gasteiger partial charge is 0.255 e. The van der Waals surface area contributed by atoms with Crippen molar-refractivity contribution >= 4 is 81.2 Å². The molecule has 34 heavy (non-hydrogen) atoms. The average molecular weight is 565 g/mol. The van der Waals surface area contributed by atoms with Gasteiger partial charge < -0.3 is 10.6 Å². The molecule has 1 aliphatic carbocycles. The van der Waals surface area contributed by atoms with Gasteiger partial charge in [-0.05, 0) is 60.2 Å². The minimum Gasteiger partial charge on any atom is -0.326 e. The van der Waals surface area contributed by atoms with Crippen LogP contribution in [0.3, 0.4) is 0 Å². The lowest BCUT2D eigenvalue weighted by atomic mass is 10.1. The number of amides is 2. The van der Waals surface area contributed by atoms with E-state index in [9.17, 15) is 18.4 Å². The van der Waals surface area contributed by atoms with Crippen LogP contribution < -0.4 is 10.6 Å². The van der Waals surface area contributed by atoms with E-state index in [1.165, 1.54) is 18.2 Å². The molecule has 0 aromatic heterocycles. The molecule has 2 atom stereocenters. The molecule has 0 aliphatic heterocycles. The Kier molecular flexibility index (Phi) is 7.00. The molecular formula is C23H13Cl5F2N2O2. The predicted molar refractivity (Wildman–Crippen MR) is 132 cm³/mol. The fraction of sp³-hybridized carbons (Fsp3) is 0.130. The molecule has 0 saturated heterocycles. The van der Waals surface area contributed by atoms with Gasteiger partial charge in [-0.1, -0.05) is 34.8 Å². The summed E-state index contributed by atoms with van der Waals surface area (Å²) in [6.45, 7) is 0. The fourth-order valence-electron chi connectivity index (χ4n) is 3.57. The van der Waals surface area contributed by atoms with Gasteiger partial charge in [0.1, 0.15) is 4.33 Å². The first-order chi connectivity index (χ1) is 16.0. The summed E-state index contributed by atoms with van der Waals surface area (Å²) in [6, 6.07) is 11.9. The van der Waals surface area contributed by atoms with Gasteiger partial charge in [0.15, 0.2) is 11.6 Å². The third-order valence-electron chi connectivity index (χ3n) is 5.24. The second kappa shape index (κ2) is 9.51. The minimum absolute atomic E-state index is 0.112. The Balaban J connectivity index is 1.50. The van der Waals surface area contributed by atoms with Crippen LogP contribution in [0.25, 0.3) is 0 Å². The van der Waals surface area contributed by atoms with Crippen molar-refractivity contribution in [3.63, 3.8) is 0 Å². The first-order valence-electron chi connectivity index (χ1n) is 9.68. The highest BCUT2D eigenvalue weighted by molar-refractivity contribution is 6.53. The van der Waals surface area contributed by atoms with E-state index < -0.39 is 39.6 Å². The molecule has 4 rings (SSSR count). The van der Waals surface area contributed by atoms with Crippen molar-refractivity contribution in [2.24, 2.45) is 5.92 Å². The molecule has 2 N–H and O–H groups in total. The number of halogens is 7. The Morgan fingerprint density at radius 1 is 0.824 bits per heavy atom. The maximum atomic E-state index is 13.4. The fourth-order valence-corrected chi connectivity index (χ4v) is 5.11. The molecular weight excluding hydrogens is 552 g/mol. The molecule has 0 spiro atoms. The van der Waals surface area contributed by atoms with Crippen molar-refractivity contribution in [2.45, 2.75) is 10.3 Å². The van der Waals surface area contributed by atoms with Crippen LogP contribution in [-0.4, -0.2) is 16.1 Å². The Morgan fingerprint density at radius 2 is 1.50 bits per heavy atom. The van der Waals surface area contributed by atoms with Crippen LogP contribution in [0, 0.1) is 17.6 Å². The van der Waals surface area contributed by atoms with E-state index >= 15 is 0 Å². The number of hydrogen-bond acceptors (Lipinski definition) is 2. The van der Waals surface area contributed by atoms with Crippen molar-refractivity contribution in [3.05, 3.63) is 92.4 Å². The summed E-state index contributed by atoms with van der Waals surface area (Å²) in [5.74, 6) is -4.75. The van der Waals surface area contributed by atoms with Gasteiger partial charge in [-0.15, -0.1) is 23.2 Å². The predicted octanol–water partition coefficient (Wildman–Crippen LogP) is 7.70. The summed E-state index contributed by atoms with van der Waals surface area (Å²) in [4.78, 5) is 25.3. The SMILES string of the molecule is O=C(Nc1cc(NC(=O)[C@H]2[C@H](c3cc(Cl)cc(Cl)c3)C2(Cl)Cl)ccc1Cl)c1ccc(F)c(F)c1. The average Bonchev–Trinajstić information content (AvgIpc) is 3.34. The number of anilines is 2. The molecule has 3 aromatic carbocycles. The van der Waals surface area contributed by atoms with E-state index in [0.29, 0.717) is 21.3 Å². The third kappa shape index (κ3) is 5.11. The molecule has 0 radical (unpaired) electrons. The summed E-state index contributed by atoms with van der Waals surface area (Å²) in [6.07, 6.45) is 0. The number of rotatable bonds is 5. The first kappa shape index (κ1) is 25.0. The van der Waals surface area contributed by atoms with Crippen molar-refractivity contribution in [2.75, 3.05) is 10.6 Å². The van der Waals surface area contributed by atoms with Gasteiger partial charge in [0.25, 0.3) is 5.91 Å². The van der Waals surface area contributed by atoms with Gasteiger partial charge in [-0.2, -0.15) is 0 Å². The van der Waals surface area contributed by atoms with E-state index in [1.54, 1.807) is 18.2 Å². The highest BCUT2D eigenvalue weighted by Crippen LogP contribution is 2.65. The van der Waals surface area contributed by atoms with Crippen molar-refractivity contribution < 1.29 is 18.4 Å². The zero-order valence-corrected chi connectivity index (χ0v) is 20.6. The van der Waals surface area contributed by atoms with Gasteiger partial charge in [-0.3, -0.25) is 9.59 Å². The summed E-state index contributed by atoms with van der Waals surface area (Å²) >= 11 is 31.0. The molecule has 1 saturated carbocycles. The van der Waals surface area contributed by atoms with Crippen LogP contribution in [0.5, 0.6) is 0 Å². The quantitative estimate of drug-likeness (QED) is 0.312. The van der Waals surface area contributed by atoms with Crippen molar-refractivity contribution in [1.29, 1.82) is 0 Å². The summed E-state index contributed by atoms with van der Waals surface area (Å²) in [5.41, 5.74) is 0.956. The van der Waals surface area contributed by atoms with Crippen LogP contribution in [0.1, 0.15) is 21.8 Å². The van der Waals surface area contributed by atoms with Crippen LogP contribution in [0.2, 0.25) is 15.1 Å². The maximum Gasteiger partial charge on any atom is 0.255 e. The Hall–Kier alpha value is -2.09. The molecule has 0 heterocycles. The summed E-state index contributed by atoms with van der Waals surface area (Å²) < 4.78 is 25.2. The van der Waals surface area contributed by atoms with Crippen LogP contribution in [-0.2, 0) is 4.79 Å². The number of carbonyl (C=O) groups excluding carboxylic acids is 2. The van der Waals surface area contributed by atoms with Gasteiger partial charge >= 0.3 is 0 Å². The monoisotopic (exact) mass is 562 g/mol. The van der Waals surface area contributed by atoms with Gasteiger partial charge in [0.05, 0.1) is 16.6 Å². The number of nitrogens with one attached hydrogen (secondary N) is 2. The third-order valence-corrected chi connectivity index (χ3v) is 6.95. The normalized spacial score (nSPS) is 18.3. The number of alkyl halides is 2. The van der Waals surface area contributed by atoms with Crippen molar-refractivity contribution in [1.82, 2.24) is 0 Å². The van der Waals surface area contributed by atoms with Crippen molar-refractivity contribution in [3.8, 4) is 0 Å². The molecule has 0 unspecified atom stereocenters. The topological polar surface area (TPSA) is 58.2 Å². The second-order valence-corrected chi connectivity index (χ2v) is 10.3. The zero-order valence-electron chi connectivity index (χ0n) is 16.8. The number of benzene rings is 3. The summed E-state index contributed by atoms with van der Waals surface area (Å²) in [5, 5.41) is 6.13. The number of carbonyl (C=O) groups is 2. The molecule has 1 aliphatic rings. The standard InChI is InChI=1S/C23H13Cl5F2N2O2/c24-12-5-11(6-13(25)8-12)19-20(23(19,27)28)22(34)31-14-2-3-15(26)18(9-14)32-21(33)10-1-4-16(29)17(30)7-10/h1-9,19-20H,(H,31,34)(H,32,33)/t19-,20+/m0/s1. The van der Waals surface area contributed by atoms with Crippen LogP contribution in [0.15, 0.2) is 54.6 Å². The number of hydrogen-bond donors (Lipinski definition) is 2. The lowest BCUT2D eigenvalue weighted by Gasteiger charge is -2.11. The zero-order chi connectivity index (χ0) is 24.8. The Bertz CT molecular complexity index is 1300. The summed E-state index contributed by atoms with van der Waals surface area (Å²) in [7, 11) is 0. The maximum absolute atomic E-state index is 13.4. The van der Waals surface area contributed by atoms with Crippen LogP contribution in [0.4, 0.5) is 20.2 Å². The lowest BCUT2D eigenvalue weighted by Crippen LogP contribution is -2.18. The highest BCUT2D eigenvalue weighted by atomic mass is 35.5. The molecule has 3 aromatic rings. The lowest BCUT2D eigenvalue weighted by molar-refractivity contribution is -0.117. The molecule has 4 nitrogen and oxygen atoms in total. The largest absolute Gasteiger partial charge is 0.326 e. The van der Waals surface area contributed by atoms with Gasteiger partial charge in [0, 0.05) is 27.2 Å². The molecule has 0 bridgehead atoms. The molecule has 11 heteroatoms. The highest BCUT2D eigenvalue weighted by Gasteiger charge is 2.67.